The van der Waals surface area contributed by atoms with Gasteiger partial charge in [-0.1, -0.05) is 0 Å². The fourth-order valence-corrected chi connectivity index (χ4v) is 0.623. The topological polar surface area (TPSA) is 66.5 Å². The smallest absolute Gasteiger partial charge is 0.182 e. The zero-order chi connectivity index (χ0) is 6.15. The average Bonchev–Trinajstić information content (AvgIpc) is 1.85. The summed E-state index contributed by atoms with van der Waals surface area (Å²) in [5.74, 6) is 0. The molecule has 0 radical (unpaired) electrons. The number of nitrogens with zero attached hydrogens (tertiary/aromatic N) is 1. The highest BCUT2D eigenvalue weighted by Gasteiger charge is 2.26. The predicted octanol–water partition coefficient (Wildman–Crippen LogP) is -1.70. The van der Waals surface area contributed by atoms with E-state index in [2.05, 4.69) is 0 Å². The van der Waals surface area contributed by atoms with Crippen LogP contribution >= 0.6 is 0 Å². The summed E-state index contributed by atoms with van der Waals surface area (Å²) in [6, 6.07) is 0. The Morgan fingerprint density at radius 3 is 2.38 bits per heavy atom. The van der Waals surface area contributed by atoms with Crippen LogP contribution in [0.1, 0.15) is 0 Å². The van der Waals surface area contributed by atoms with Crippen LogP contribution in [0.25, 0.3) is 0 Å². The van der Waals surface area contributed by atoms with Crippen LogP contribution in [0.2, 0.25) is 0 Å². The Morgan fingerprint density at radius 2 is 2.25 bits per heavy atom. The molecule has 4 nitrogen and oxygen atoms in total. The molecule has 0 spiro atoms. The Bertz CT molecular complexity index is 122. The van der Waals surface area contributed by atoms with Gasteiger partial charge >= 0.3 is 0 Å². The predicted molar refractivity (Wildman–Crippen MR) is 26.6 cm³/mol. The van der Waals surface area contributed by atoms with Gasteiger partial charge in [0.15, 0.2) is 18.9 Å². The molecule has 2 atom stereocenters. The van der Waals surface area contributed by atoms with Crippen LogP contribution in [0.4, 0.5) is 0 Å². The van der Waals surface area contributed by atoms with Crippen LogP contribution in [-0.2, 0) is 0 Å². The highest BCUT2D eigenvalue weighted by atomic mass is 16.5. The second-order valence-electron chi connectivity index (χ2n) is 1.81. The molecule has 0 saturated carbocycles. The Kier molecular flexibility index (Phi) is 1.19. The van der Waals surface area contributed by atoms with E-state index in [1.165, 1.54) is 0 Å². The molecule has 0 unspecified atom stereocenters. The standard InChI is InChI=1S/C4H7NO3/c6-3-1-5(8)2-4(3)7/h1,3-4,6-7H,2H2/t3-,4-/m0/s1. The van der Waals surface area contributed by atoms with E-state index in [1.807, 2.05) is 0 Å². The van der Waals surface area contributed by atoms with Crippen molar-refractivity contribution in [2.45, 2.75) is 12.2 Å². The van der Waals surface area contributed by atoms with E-state index in [-0.39, 0.29) is 6.54 Å². The van der Waals surface area contributed by atoms with Gasteiger partial charge in [0, 0.05) is 0 Å². The lowest BCUT2D eigenvalue weighted by Crippen LogP contribution is -2.23. The molecule has 1 aliphatic heterocycles. The molecule has 1 heterocycles. The Balaban J connectivity index is 2.56. The van der Waals surface area contributed by atoms with Gasteiger partial charge in [0.05, 0.1) is 0 Å². The van der Waals surface area contributed by atoms with Crippen molar-refractivity contribution in [3.8, 4) is 0 Å². The van der Waals surface area contributed by atoms with Crippen molar-refractivity contribution in [3.63, 3.8) is 0 Å². The van der Waals surface area contributed by atoms with Gasteiger partial charge in [-0.15, -0.1) is 0 Å². The minimum atomic E-state index is -0.965. The van der Waals surface area contributed by atoms with Crippen molar-refractivity contribution < 1.29 is 15.0 Å². The van der Waals surface area contributed by atoms with E-state index in [4.69, 9.17) is 10.2 Å². The van der Waals surface area contributed by atoms with Gasteiger partial charge in [0.25, 0.3) is 0 Å². The lowest BCUT2D eigenvalue weighted by Gasteiger charge is -1.98. The average molecular weight is 117 g/mol. The van der Waals surface area contributed by atoms with Crippen molar-refractivity contribution in [1.29, 1.82) is 0 Å². The lowest BCUT2D eigenvalue weighted by atomic mass is 10.3. The molecule has 0 aromatic rings. The van der Waals surface area contributed by atoms with Crippen LogP contribution in [0, 0.1) is 5.21 Å². The van der Waals surface area contributed by atoms with Crippen LogP contribution in [-0.4, -0.2) is 39.9 Å². The summed E-state index contributed by atoms with van der Waals surface area (Å²) >= 11 is 0. The first kappa shape index (κ1) is 5.53. The molecule has 0 aliphatic carbocycles. The molecule has 0 aromatic heterocycles. The van der Waals surface area contributed by atoms with E-state index in [1.54, 1.807) is 0 Å². The van der Waals surface area contributed by atoms with E-state index < -0.39 is 12.2 Å². The Labute approximate surface area is 46.3 Å². The second-order valence-corrected chi connectivity index (χ2v) is 1.81. The SMILES string of the molecule is [O-][N+]1=C[C@H](O)[C@@H](O)C1. The molecular formula is C4H7NO3. The van der Waals surface area contributed by atoms with Crippen molar-refractivity contribution in [3.05, 3.63) is 5.21 Å². The van der Waals surface area contributed by atoms with Crippen molar-refractivity contribution in [1.82, 2.24) is 0 Å². The van der Waals surface area contributed by atoms with Gasteiger partial charge in [0.1, 0.15) is 6.10 Å². The van der Waals surface area contributed by atoms with Crippen LogP contribution in [0.5, 0.6) is 0 Å². The van der Waals surface area contributed by atoms with Gasteiger partial charge in [-0.3, -0.25) is 0 Å². The summed E-state index contributed by atoms with van der Waals surface area (Å²) in [5, 5.41) is 27.5. The summed E-state index contributed by atoms with van der Waals surface area (Å²) in [6.45, 7) is -0.0127. The number of hydroxylamine groups is 1. The molecule has 0 aromatic carbocycles. The Morgan fingerprint density at radius 1 is 1.62 bits per heavy atom. The molecular weight excluding hydrogens is 110 g/mol. The van der Waals surface area contributed by atoms with E-state index in [0.29, 0.717) is 4.74 Å². The summed E-state index contributed by atoms with van der Waals surface area (Å²) in [7, 11) is 0. The lowest BCUT2D eigenvalue weighted by molar-refractivity contribution is -0.452. The van der Waals surface area contributed by atoms with Crippen LogP contribution in [0.15, 0.2) is 0 Å². The number of hydrogen-bond acceptors (Lipinski definition) is 3. The molecule has 46 valence electrons. The van der Waals surface area contributed by atoms with E-state index in [9.17, 15) is 5.21 Å². The normalized spacial score (nSPS) is 37.5. The third-order valence-corrected chi connectivity index (χ3v) is 1.08. The van der Waals surface area contributed by atoms with Crippen LogP contribution in [0.3, 0.4) is 0 Å². The van der Waals surface area contributed by atoms with Crippen molar-refractivity contribution in [2.24, 2.45) is 0 Å². The monoisotopic (exact) mass is 117 g/mol. The van der Waals surface area contributed by atoms with Crippen LogP contribution < -0.4 is 0 Å². The summed E-state index contributed by atoms with van der Waals surface area (Å²) in [5.41, 5.74) is 0. The molecule has 2 N–H and O–H groups in total. The number of β-amino-alcohol motifs (C(OH)–C–C–N with tert-alkyl or cyclic N) is 1. The highest BCUT2D eigenvalue weighted by molar-refractivity contribution is 5.59. The molecule has 0 amide bonds. The third kappa shape index (κ3) is 0.801. The minimum absolute atomic E-state index is 0.0127. The maximum atomic E-state index is 10.2. The first-order valence-corrected chi connectivity index (χ1v) is 2.35. The van der Waals surface area contributed by atoms with Gasteiger partial charge in [-0.05, 0) is 0 Å². The summed E-state index contributed by atoms with van der Waals surface area (Å²) in [6.07, 6.45) is -0.815. The summed E-state index contributed by atoms with van der Waals surface area (Å²) in [4.78, 5) is 0. The fourth-order valence-electron chi connectivity index (χ4n) is 0.623. The zero-order valence-electron chi connectivity index (χ0n) is 4.19. The minimum Gasteiger partial charge on any atom is -0.624 e. The second kappa shape index (κ2) is 1.72. The maximum absolute atomic E-state index is 10.2. The Hall–Kier alpha value is -0.610. The van der Waals surface area contributed by atoms with E-state index >= 15 is 0 Å². The number of hydrogen-bond donors (Lipinski definition) is 2. The number of rotatable bonds is 0. The quantitative estimate of drug-likeness (QED) is 0.293. The van der Waals surface area contributed by atoms with Gasteiger partial charge < -0.3 is 15.4 Å². The molecule has 1 rings (SSSR count). The van der Waals surface area contributed by atoms with Gasteiger partial charge in [-0.2, -0.15) is 0 Å². The molecule has 0 fully saturated rings. The summed E-state index contributed by atoms with van der Waals surface area (Å²) < 4.78 is 0.523. The third-order valence-electron chi connectivity index (χ3n) is 1.08. The number of aliphatic hydroxyl groups excluding tert-OH is 2. The first-order valence-electron chi connectivity index (χ1n) is 2.35. The molecule has 1 aliphatic rings. The highest BCUT2D eigenvalue weighted by Crippen LogP contribution is 1.97. The van der Waals surface area contributed by atoms with Crippen molar-refractivity contribution in [2.75, 3.05) is 6.54 Å². The zero-order valence-corrected chi connectivity index (χ0v) is 4.19. The largest absolute Gasteiger partial charge is 0.624 e. The molecule has 0 bridgehead atoms. The van der Waals surface area contributed by atoms with Gasteiger partial charge in [0.2, 0.25) is 0 Å². The molecule has 4 heteroatoms. The van der Waals surface area contributed by atoms with Crippen molar-refractivity contribution >= 4 is 6.21 Å². The first-order chi connectivity index (χ1) is 3.70. The van der Waals surface area contributed by atoms with Gasteiger partial charge in [-0.25, -0.2) is 4.74 Å². The molecule has 8 heavy (non-hydrogen) atoms. The maximum Gasteiger partial charge on any atom is 0.182 e. The van der Waals surface area contributed by atoms with E-state index in [0.717, 1.165) is 6.21 Å². The fraction of sp³-hybridized carbons (Fsp3) is 0.750. The molecule has 0 saturated heterocycles. The number of aliphatic hydroxyl groups is 2.